The van der Waals surface area contributed by atoms with Gasteiger partial charge in [-0.05, 0) is 37.6 Å². The number of para-hydroxylation sites is 1. The minimum atomic E-state index is -1.73. The number of rotatable bonds is 3. The lowest BCUT2D eigenvalue weighted by molar-refractivity contribution is -0.140. The molecule has 2 heterocycles. The average molecular weight is 456 g/mol. The van der Waals surface area contributed by atoms with Crippen molar-refractivity contribution in [2.24, 2.45) is 0 Å². The largest absolute Gasteiger partial charge is 0.459 e. The van der Waals surface area contributed by atoms with Crippen molar-refractivity contribution in [2.45, 2.75) is 39.2 Å². The molecule has 1 amide bonds. The molecule has 0 fully saturated rings. The summed E-state index contributed by atoms with van der Waals surface area (Å²) in [6, 6.07) is 9.11. The molecular weight excluding hydrogens is 433 g/mol. The molecule has 0 saturated carbocycles. The van der Waals surface area contributed by atoms with Crippen molar-refractivity contribution in [3.8, 4) is 0 Å². The van der Waals surface area contributed by atoms with E-state index in [4.69, 9.17) is 4.74 Å². The third-order valence-electron chi connectivity index (χ3n) is 5.59. The molecule has 8 heteroatoms. The summed E-state index contributed by atoms with van der Waals surface area (Å²) in [5.74, 6) is -6.26. The van der Waals surface area contributed by atoms with Crippen molar-refractivity contribution >= 4 is 28.4 Å². The highest BCUT2D eigenvalue weighted by Crippen LogP contribution is 2.40. The van der Waals surface area contributed by atoms with Gasteiger partial charge < -0.3 is 14.6 Å². The number of H-pyrrole nitrogens is 1. The SMILES string of the molecule is CC(C)OC(=O)C1=CN(C(=O)c2ccc(F)c(F)c2F)CC(C)(C)c2c1[nH]c1ccccc21. The number of aromatic nitrogens is 1. The molecule has 0 radical (unpaired) electrons. The fourth-order valence-electron chi connectivity index (χ4n) is 4.23. The zero-order chi connectivity index (χ0) is 24.1. The van der Waals surface area contributed by atoms with Gasteiger partial charge >= 0.3 is 5.97 Å². The quantitative estimate of drug-likeness (QED) is 0.429. The molecule has 3 aromatic rings. The van der Waals surface area contributed by atoms with Crippen LogP contribution in [0.15, 0.2) is 42.6 Å². The van der Waals surface area contributed by atoms with E-state index in [1.165, 1.54) is 6.20 Å². The van der Waals surface area contributed by atoms with Crippen LogP contribution >= 0.6 is 0 Å². The zero-order valence-corrected chi connectivity index (χ0v) is 18.6. The third kappa shape index (κ3) is 3.90. The number of halogens is 3. The monoisotopic (exact) mass is 456 g/mol. The Morgan fingerprint density at radius 3 is 2.45 bits per heavy atom. The van der Waals surface area contributed by atoms with Crippen LogP contribution in [-0.4, -0.2) is 34.4 Å². The highest BCUT2D eigenvalue weighted by molar-refractivity contribution is 6.18. The van der Waals surface area contributed by atoms with Crippen molar-refractivity contribution in [3.63, 3.8) is 0 Å². The second-order valence-corrected chi connectivity index (χ2v) is 8.96. The molecule has 1 aliphatic rings. The number of nitrogens with zero attached hydrogens (tertiary/aromatic N) is 1. The molecule has 0 aliphatic carbocycles. The minimum Gasteiger partial charge on any atom is -0.459 e. The molecule has 33 heavy (non-hydrogen) atoms. The topological polar surface area (TPSA) is 62.4 Å². The van der Waals surface area contributed by atoms with Gasteiger partial charge in [-0.2, -0.15) is 0 Å². The second kappa shape index (κ2) is 8.10. The van der Waals surface area contributed by atoms with Crippen molar-refractivity contribution in [2.75, 3.05) is 6.54 Å². The van der Waals surface area contributed by atoms with Crippen molar-refractivity contribution < 1.29 is 27.5 Å². The predicted molar refractivity (Wildman–Crippen MR) is 118 cm³/mol. The van der Waals surface area contributed by atoms with E-state index in [2.05, 4.69) is 4.98 Å². The van der Waals surface area contributed by atoms with Gasteiger partial charge in [-0.25, -0.2) is 18.0 Å². The smallest absolute Gasteiger partial charge is 0.342 e. The number of carbonyl (C=O) groups excluding carboxylic acids is 2. The normalized spacial score (nSPS) is 15.3. The Bertz CT molecular complexity index is 1310. The number of benzene rings is 2. The van der Waals surface area contributed by atoms with E-state index in [1.54, 1.807) is 13.8 Å². The van der Waals surface area contributed by atoms with Crippen LogP contribution < -0.4 is 0 Å². The van der Waals surface area contributed by atoms with E-state index in [9.17, 15) is 22.8 Å². The molecule has 1 aliphatic heterocycles. The van der Waals surface area contributed by atoms with Crippen molar-refractivity contribution in [1.29, 1.82) is 0 Å². The maximum atomic E-state index is 14.4. The summed E-state index contributed by atoms with van der Waals surface area (Å²) in [5.41, 5.74) is 0.852. The number of aromatic amines is 1. The van der Waals surface area contributed by atoms with E-state index in [0.29, 0.717) is 11.8 Å². The summed E-state index contributed by atoms with van der Waals surface area (Å²) in [4.78, 5) is 30.7. The van der Waals surface area contributed by atoms with Crippen LogP contribution in [0.3, 0.4) is 0 Å². The Kier molecular flexibility index (Phi) is 5.56. The molecule has 4 rings (SSSR count). The Morgan fingerprint density at radius 2 is 1.76 bits per heavy atom. The molecule has 5 nitrogen and oxygen atoms in total. The number of fused-ring (bicyclic) bond motifs is 3. The first-order valence-corrected chi connectivity index (χ1v) is 10.5. The summed E-state index contributed by atoms with van der Waals surface area (Å²) in [6.45, 7) is 7.23. The van der Waals surface area contributed by atoms with E-state index in [-0.39, 0.29) is 12.1 Å². The first kappa shape index (κ1) is 22.6. The Hall–Kier alpha value is -3.55. The van der Waals surface area contributed by atoms with E-state index < -0.39 is 46.4 Å². The number of hydrogen-bond donors (Lipinski definition) is 1. The molecule has 0 saturated heterocycles. The van der Waals surface area contributed by atoms with Gasteiger partial charge in [0.1, 0.15) is 0 Å². The number of carbonyl (C=O) groups is 2. The fraction of sp³-hybridized carbons (Fsp3) is 0.280. The van der Waals surface area contributed by atoms with Crippen LogP contribution in [0.4, 0.5) is 13.2 Å². The highest BCUT2D eigenvalue weighted by atomic mass is 19.2. The fourth-order valence-corrected chi connectivity index (χ4v) is 4.23. The molecular formula is C25H23F3N2O3. The summed E-state index contributed by atoms with van der Waals surface area (Å²) in [5, 5.41) is 0.869. The maximum Gasteiger partial charge on any atom is 0.342 e. The van der Waals surface area contributed by atoms with Crippen molar-refractivity contribution in [1.82, 2.24) is 9.88 Å². The molecule has 172 valence electrons. The van der Waals surface area contributed by atoms with Gasteiger partial charge in [-0.3, -0.25) is 4.79 Å². The van der Waals surface area contributed by atoms with Crippen LogP contribution in [-0.2, 0) is 14.9 Å². The predicted octanol–water partition coefficient (Wildman–Crippen LogP) is 5.31. The Balaban J connectivity index is 1.91. The van der Waals surface area contributed by atoms with Gasteiger partial charge in [-0.1, -0.05) is 32.0 Å². The van der Waals surface area contributed by atoms with Crippen LogP contribution in [0.1, 0.15) is 49.3 Å². The first-order valence-electron chi connectivity index (χ1n) is 10.5. The average Bonchev–Trinajstić information content (AvgIpc) is 3.09. The van der Waals surface area contributed by atoms with Crippen LogP contribution in [0.5, 0.6) is 0 Å². The number of nitrogens with one attached hydrogen (secondary N) is 1. The van der Waals surface area contributed by atoms with Gasteiger partial charge in [0.25, 0.3) is 5.91 Å². The van der Waals surface area contributed by atoms with Gasteiger partial charge in [-0.15, -0.1) is 0 Å². The van der Waals surface area contributed by atoms with Gasteiger partial charge in [0.05, 0.1) is 22.9 Å². The van der Waals surface area contributed by atoms with Crippen molar-refractivity contribution in [3.05, 3.63) is 76.9 Å². The van der Waals surface area contributed by atoms with E-state index >= 15 is 0 Å². The maximum absolute atomic E-state index is 14.4. The summed E-state index contributed by atoms with van der Waals surface area (Å²) in [6.07, 6.45) is 0.867. The number of amides is 1. The van der Waals surface area contributed by atoms with Gasteiger partial charge in [0.15, 0.2) is 17.5 Å². The lowest BCUT2D eigenvalue weighted by atomic mass is 9.81. The van der Waals surface area contributed by atoms with Crippen LogP contribution in [0.2, 0.25) is 0 Å². The Morgan fingerprint density at radius 1 is 1.06 bits per heavy atom. The zero-order valence-electron chi connectivity index (χ0n) is 18.6. The number of esters is 1. The van der Waals surface area contributed by atoms with Gasteiger partial charge in [0, 0.05) is 29.1 Å². The summed E-state index contributed by atoms with van der Waals surface area (Å²) >= 11 is 0. The minimum absolute atomic E-state index is 0.0531. The third-order valence-corrected chi connectivity index (χ3v) is 5.59. The first-order chi connectivity index (χ1) is 15.5. The van der Waals surface area contributed by atoms with Crippen LogP contribution in [0, 0.1) is 17.5 Å². The molecule has 2 aromatic carbocycles. The lowest BCUT2D eigenvalue weighted by Crippen LogP contribution is -2.37. The van der Waals surface area contributed by atoms with Gasteiger partial charge in [0.2, 0.25) is 0 Å². The molecule has 1 N–H and O–H groups in total. The second-order valence-electron chi connectivity index (χ2n) is 8.96. The lowest BCUT2D eigenvalue weighted by Gasteiger charge is -2.29. The molecule has 0 bridgehead atoms. The highest BCUT2D eigenvalue weighted by Gasteiger charge is 2.38. The standard InChI is InChI=1S/C25H23F3N2O3/c1-13(2)33-24(32)16-11-30(23(31)15-9-10-17(26)21(28)20(15)27)12-25(3,4)19-14-7-5-6-8-18(14)29-22(16)19/h5-11,13,29H,12H2,1-4H3. The molecule has 0 spiro atoms. The molecule has 0 atom stereocenters. The number of ether oxygens (including phenoxy) is 1. The molecule has 0 unspecified atom stereocenters. The molecule has 1 aromatic heterocycles. The van der Waals surface area contributed by atoms with E-state index in [0.717, 1.165) is 27.4 Å². The number of hydrogen-bond acceptors (Lipinski definition) is 3. The Labute approximate surface area is 188 Å². The van der Waals surface area contributed by atoms with Crippen LogP contribution in [0.25, 0.3) is 16.5 Å². The van der Waals surface area contributed by atoms with E-state index in [1.807, 2.05) is 38.1 Å². The summed E-state index contributed by atoms with van der Waals surface area (Å²) in [7, 11) is 0. The summed E-state index contributed by atoms with van der Waals surface area (Å²) < 4.78 is 47.1.